The maximum Gasteiger partial charge on any atom is 0.312 e. The highest BCUT2D eigenvalue weighted by Gasteiger charge is 2.36. The van der Waals surface area contributed by atoms with E-state index in [-0.39, 0.29) is 18.9 Å². The summed E-state index contributed by atoms with van der Waals surface area (Å²) in [6.07, 6.45) is 0.527. The number of rotatable bonds is 6. The highest BCUT2D eigenvalue weighted by atomic mass is 16.5. The second-order valence-electron chi connectivity index (χ2n) is 6.52. The van der Waals surface area contributed by atoms with Gasteiger partial charge in [-0.3, -0.25) is 14.4 Å². The molecule has 8 heteroatoms. The fourth-order valence-corrected chi connectivity index (χ4v) is 2.91. The summed E-state index contributed by atoms with van der Waals surface area (Å²) in [5, 5.41) is 11.5. The van der Waals surface area contributed by atoms with Crippen LogP contribution in [0.25, 0.3) is 0 Å². The van der Waals surface area contributed by atoms with Crippen molar-refractivity contribution in [2.75, 3.05) is 11.9 Å². The molecule has 1 aromatic carbocycles. The Balaban J connectivity index is 1.53. The van der Waals surface area contributed by atoms with Crippen LogP contribution in [0.2, 0.25) is 0 Å². The van der Waals surface area contributed by atoms with Gasteiger partial charge < -0.3 is 19.4 Å². The first kappa shape index (κ1) is 19.2. The Morgan fingerprint density at radius 3 is 2.93 bits per heavy atom. The Bertz CT molecular complexity index is 916. The highest BCUT2D eigenvalue weighted by Crippen LogP contribution is 2.22. The fraction of sp³-hybridized carbons (Fsp3) is 0.300. The van der Waals surface area contributed by atoms with Gasteiger partial charge in [0.2, 0.25) is 5.91 Å². The second-order valence-corrected chi connectivity index (χ2v) is 6.52. The normalized spacial score (nSPS) is 17.1. The number of hydrogen-bond donors (Lipinski definition) is 1. The van der Waals surface area contributed by atoms with E-state index in [0.29, 0.717) is 23.6 Å². The number of ether oxygens (including phenoxy) is 1. The molecule has 8 nitrogen and oxygen atoms in total. The van der Waals surface area contributed by atoms with Gasteiger partial charge in [-0.2, -0.15) is 5.26 Å². The minimum absolute atomic E-state index is 0.0398. The molecule has 2 atom stereocenters. The van der Waals surface area contributed by atoms with Crippen LogP contribution in [0.3, 0.4) is 0 Å². The second kappa shape index (κ2) is 8.39. The molecule has 2 amide bonds. The molecule has 0 unspecified atom stereocenters. The molecule has 2 heterocycles. The number of nitrogens with one attached hydrogen (secondary N) is 1. The van der Waals surface area contributed by atoms with Crippen LogP contribution >= 0.6 is 0 Å². The van der Waals surface area contributed by atoms with E-state index in [4.69, 9.17) is 14.4 Å². The molecule has 0 bridgehead atoms. The van der Waals surface area contributed by atoms with Gasteiger partial charge >= 0.3 is 5.97 Å². The summed E-state index contributed by atoms with van der Waals surface area (Å²) in [6, 6.07) is 11.9. The van der Waals surface area contributed by atoms with Gasteiger partial charge in [-0.15, -0.1) is 0 Å². The van der Waals surface area contributed by atoms with Gasteiger partial charge in [-0.25, -0.2) is 0 Å². The number of carbonyl (C=O) groups is 3. The number of benzene rings is 1. The van der Waals surface area contributed by atoms with Crippen LogP contribution in [0.5, 0.6) is 0 Å². The molecule has 1 aliphatic rings. The van der Waals surface area contributed by atoms with Gasteiger partial charge in [-0.05, 0) is 37.3 Å². The molecule has 1 aliphatic heterocycles. The number of amides is 2. The van der Waals surface area contributed by atoms with Gasteiger partial charge in [0.15, 0.2) is 6.10 Å². The van der Waals surface area contributed by atoms with Crippen LogP contribution in [0.4, 0.5) is 5.69 Å². The summed E-state index contributed by atoms with van der Waals surface area (Å²) in [5.74, 6) is -1.26. The van der Waals surface area contributed by atoms with Gasteiger partial charge in [0, 0.05) is 18.7 Å². The lowest BCUT2D eigenvalue weighted by Crippen LogP contribution is -2.33. The lowest BCUT2D eigenvalue weighted by atomic mass is 10.1. The van der Waals surface area contributed by atoms with Crippen molar-refractivity contribution in [3.63, 3.8) is 0 Å². The van der Waals surface area contributed by atoms with E-state index < -0.39 is 23.9 Å². The molecule has 0 spiro atoms. The Hall–Kier alpha value is -3.60. The van der Waals surface area contributed by atoms with Crippen molar-refractivity contribution in [1.29, 1.82) is 5.26 Å². The molecule has 1 saturated heterocycles. The molecule has 0 saturated carbocycles. The van der Waals surface area contributed by atoms with Crippen LogP contribution < -0.4 is 5.32 Å². The molecule has 28 heavy (non-hydrogen) atoms. The Morgan fingerprint density at radius 2 is 2.21 bits per heavy atom. The van der Waals surface area contributed by atoms with Crippen LogP contribution in [0.15, 0.2) is 47.1 Å². The zero-order chi connectivity index (χ0) is 20.1. The third-order valence-electron chi connectivity index (χ3n) is 4.40. The van der Waals surface area contributed by atoms with Crippen molar-refractivity contribution in [1.82, 2.24) is 4.90 Å². The van der Waals surface area contributed by atoms with Gasteiger partial charge in [0.25, 0.3) is 5.91 Å². The predicted molar refractivity (Wildman–Crippen MR) is 97.6 cm³/mol. The SMILES string of the molecule is C[C@H](OC(=O)[C@@H]1CC(=O)N(Cc2ccco2)C1)C(=O)Nc1cccc(C#N)c1. The first-order chi connectivity index (χ1) is 13.5. The number of carbonyl (C=O) groups excluding carboxylic acids is 3. The summed E-state index contributed by atoms with van der Waals surface area (Å²) in [6.45, 7) is 1.97. The van der Waals surface area contributed by atoms with Crippen molar-refractivity contribution in [2.45, 2.75) is 26.0 Å². The summed E-state index contributed by atoms with van der Waals surface area (Å²) >= 11 is 0. The Morgan fingerprint density at radius 1 is 1.39 bits per heavy atom. The Kier molecular flexibility index (Phi) is 5.75. The molecule has 1 N–H and O–H groups in total. The van der Waals surface area contributed by atoms with E-state index in [9.17, 15) is 14.4 Å². The Labute approximate surface area is 161 Å². The summed E-state index contributed by atoms with van der Waals surface area (Å²) in [4.78, 5) is 38.2. The van der Waals surface area contributed by atoms with E-state index in [1.165, 1.54) is 24.2 Å². The fourth-order valence-electron chi connectivity index (χ4n) is 2.91. The van der Waals surface area contributed by atoms with E-state index in [1.807, 2.05) is 6.07 Å². The minimum Gasteiger partial charge on any atom is -0.467 e. The van der Waals surface area contributed by atoms with Crippen molar-refractivity contribution < 1.29 is 23.5 Å². The lowest BCUT2D eigenvalue weighted by Gasteiger charge is -2.17. The van der Waals surface area contributed by atoms with Crippen molar-refractivity contribution in [3.8, 4) is 6.07 Å². The average molecular weight is 381 g/mol. The van der Waals surface area contributed by atoms with Crippen LogP contribution in [-0.2, 0) is 25.7 Å². The number of hydrogen-bond acceptors (Lipinski definition) is 6. The van der Waals surface area contributed by atoms with Crippen molar-refractivity contribution in [3.05, 3.63) is 54.0 Å². The number of nitriles is 1. The van der Waals surface area contributed by atoms with Gasteiger partial charge in [0.05, 0.1) is 30.4 Å². The average Bonchev–Trinajstić information content (AvgIpc) is 3.32. The van der Waals surface area contributed by atoms with Gasteiger partial charge in [-0.1, -0.05) is 6.07 Å². The predicted octanol–water partition coefficient (Wildman–Crippen LogP) is 2.07. The van der Waals surface area contributed by atoms with Crippen molar-refractivity contribution in [2.24, 2.45) is 5.92 Å². The molecule has 3 rings (SSSR count). The highest BCUT2D eigenvalue weighted by molar-refractivity contribution is 5.95. The van der Waals surface area contributed by atoms with E-state index >= 15 is 0 Å². The molecular formula is C20H19N3O5. The summed E-state index contributed by atoms with van der Waals surface area (Å²) in [5.41, 5.74) is 0.844. The van der Waals surface area contributed by atoms with Gasteiger partial charge in [0.1, 0.15) is 5.76 Å². The molecule has 1 fully saturated rings. The molecule has 0 radical (unpaired) electrons. The topological polar surface area (TPSA) is 113 Å². The third-order valence-corrected chi connectivity index (χ3v) is 4.40. The van der Waals surface area contributed by atoms with E-state index in [1.54, 1.807) is 30.3 Å². The number of furan rings is 1. The maximum atomic E-state index is 12.4. The number of esters is 1. The smallest absolute Gasteiger partial charge is 0.312 e. The number of nitrogens with zero attached hydrogens (tertiary/aromatic N) is 2. The zero-order valence-corrected chi connectivity index (χ0v) is 15.3. The molecule has 0 aliphatic carbocycles. The molecule has 1 aromatic heterocycles. The number of likely N-dealkylation sites (tertiary alicyclic amines) is 1. The van der Waals surface area contributed by atoms with Crippen molar-refractivity contribution >= 4 is 23.5 Å². The summed E-state index contributed by atoms with van der Waals surface area (Å²) < 4.78 is 10.5. The first-order valence-electron chi connectivity index (χ1n) is 8.78. The first-order valence-corrected chi connectivity index (χ1v) is 8.78. The quantitative estimate of drug-likeness (QED) is 0.767. The summed E-state index contributed by atoms with van der Waals surface area (Å²) in [7, 11) is 0. The van der Waals surface area contributed by atoms with Crippen LogP contribution in [-0.4, -0.2) is 35.3 Å². The minimum atomic E-state index is -1.03. The zero-order valence-electron chi connectivity index (χ0n) is 15.3. The van der Waals surface area contributed by atoms with E-state index in [0.717, 1.165) is 0 Å². The molecule has 2 aromatic rings. The maximum absolute atomic E-state index is 12.4. The largest absolute Gasteiger partial charge is 0.467 e. The molecular weight excluding hydrogens is 362 g/mol. The van der Waals surface area contributed by atoms with Crippen LogP contribution in [0, 0.1) is 17.2 Å². The lowest BCUT2D eigenvalue weighted by molar-refractivity contribution is -0.157. The monoisotopic (exact) mass is 381 g/mol. The molecule has 144 valence electrons. The van der Waals surface area contributed by atoms with Crippen LogP contribution in [0.1, 0.15) is 24.7 Å². The third kappa shape index (κ3) is 4.57. The standard InChI is InChI=1S/C20H19N3O5/c1-13(19(25)22-16-5-2-4-14(8-16)10-21)28-20(26)15-9-18(24)23(11-15)12-17-6-3-7-27-17/h2-8,13,15H,9,11-12H2,1H3,(H,22,25)/t13-,15+/m0/s1. The van der Waals surface area contributed by atoms with E-state index in [2.05, 4.69) is 5.32 Å². The number of anilines is 1.